The molecule has 0 aliphatic carbocycles. The van der Waals surface area contributed by atoms with Gasteiger partial charge < -0.3 is 20.4 Å². The van der Waals surface area contributed by atoms with Crippen LogP contribution in [0.3, 0.4) is 0 Å². The molecule has 8 heteroatoms. The lowest BCUT2D eigenvalue weighted by atomic mass is 10.3. The molecule has 0 aliphatic rings. The average Bonchev–Trinajstić information content (AvgIpc) is 2.57. The molecule has 0 atom stereocenters. The molecule has 0 spiro atoms. The molecule has 0 aromatic carbocycles. The number of nitrogens with zero attached hydrogens (tertiary/aromatic N) is 2. The zero-order valence-corrected chi connectivity index (χ0v) is 11.5. The Labute approximate surface area is 126 Å². The highest BCUT2D eigenvalue weighted by Gasteiger charge is 1.98. The monoisotopic (exact) mass is 308 g/mol. The van der Waals surface area contributed by atoms with E-state index in [-0.39, 0.29) is 24.3 Å². The molecule has 8 nitrogen and oxygen atoms in total. The smallest absolute Gasteiger partial charge is 0.337 e. The fourth-order valence-electron chi connectivity index (χ4n) is 0.979. The summed E-state index contributed by atoms with van der Waals surface area (Å²) >= 11 is 0. The van der Waals surface area contributed by atoms with Crippen LogP contribution in [0, 0.1) is 0 Å². The third kappa shape index (κ3) is 9.13. The molecule has 2 aromatic heterocycles. The molecule has 22 heavy (non-hydrogen) atoms. The van der Waals surface area contributed by atoms with E-state index in [2.05, 4.69) is 9.97 Å². The van der Waals surface area contributed by atoms with Gasteiger partial charge in [0, 0.05) is 24.8 Å². The van der Waals surface area contributed by atoms with Gasteiger partial charge in [0.2, 0.25) is 0 Å². The number of aromatic nitrogens is 2. The van der Waals surface area contributed by atoms with Gasteiger partial charge in [-0.15, -0.1) is 0 Å². The third-order valence-electron chi connectivity index (χ3n) is 1.92. The van der Waals surface area contributed by atoms with Crippen LogP contribution in [0.25, 0.3) is 0 Å². The number of rotatable bonds is 3. The number of hydrogen-bond donors (Lipinski definition) is 4. The Bertz CT molecular complexity index is 496. The SMILES string of the molecule is O=C(O)c1cccnc1.O=C(O)c1cccnc1.OCCO. The minimum atomic E-state index is -0.942. The maximum Gasteiger partial charge on any atom is 0.337 e. The minimum absolute atomic E-state index is 0.125. The summed E-state index contributed by atoms with van der Waals surface area (Å²) in [6, 6.07) is 6.16. The Morgan fingerprint density at radius 1 is 0.818 bits per heavy atom. The number of aliphatic hydroxyl groups is 2. The number of carboxylic acid groups (broad SMARTS) is 2. The predicted octanol–water partition coefficient (Wildman–Crippen LogP) is 0.531. The lowest BCUT2D eigenvalue weighted by molar-refractivity contribution is 0.0685. The fraction of sp³-hybridized carbons (Fsp3) is 0.143. The molecule has 2 rings (SSSR count). The Morgan fingerprint density at radius 3 is 1.32 bits per heavy atom. The second-order valence-corrected chi connectivity index (χ2v) is 3.54. The van der Waals surface area contributed by atoms with Crippen molar-refractivity contribution in [1.82, 2.24) is 9.97 Å². The van der Waals surface area contributed by atoms with E-state index >= 15 is 0 Å². The first-order chi connectivity index (χ1) is 10.5. The van der Waals surface area contributed by atoms with E-state index in [1.807, 2.05) is 0 Å². The molecule has 4 N–H and O–H groups in total. The number of hydrogen-bond acceptors (Lipinski definition) is 6. The Morgan fingerprint density at radius 2 is 1.18 bits per heavy atom. The summed E-state index contributed by atoms with van der Waals surface area (Å²) in [4.78, 5) is 27.6. The summed E-state index contributed by atoms with van der Waals surface area (Å²) in [5, 5.41) is 31.9. The highest BCUT2D eigenvalue weighted by molar-refractivity contribution is 5.87. The van der Waals surface area contributed by atoms with Crippen molar-refractivity contribution >= 4 is 11.9 Å². The van der Waals surface area contributed by atoms with Crippen LogP contribution in [0.15, 0.2) is 49.1 Å². The van der Waals surface area contributed by atoms with Crippen LogP contribution >= 0.6 is 0 Å². The first-order valence-corrected chi connectivity index (χ1v) is 6.01. The van der Waals surface area contributed by atoms with Crippen molar-refractivity contribution in [3.8, 4) is 0 Å². The molecule has 0 bridgehead atoms. The summed E-state index contributed by atoms with van der Waals surface area (Å²) in [6.45, 7) is -0.250. The first kappa shape index (κ1) is 19.2. The molecule has 0 amide bonds. The van der Waals surface area contributed by atoms with Crippen molar-refractivity contribution in [3.63, 3.8) is 0 Å². The molecule has 2 aromatic rings. The van der Waals surface area contributed by atoms with E-state index < -0.39 is 11.9 Å². The second kappa shape index (κ2) is 11.9. The number of aromatic carboxylic acids is 2. The topological polar surface area (TPSA) is 141 Å². The van der Waals surface area contributed by atoms with Gasteiger partial charge in [0.25, 0.3) is 0 Å². The Balaban J connectivity index is 0.000000326. The zero-order chi connectivity index (χ0) is 16.8. The summed E-state index contributed by atoms with van der Waals surface area (Å²) in [6.07, 6.45) is 5.68. The van der Waals surface area contributed by atoms with Crippen LogP contribution in [-0.2, 0) is 0 Å². The maximum atomic E-state index is 10.2. The van der Waals surface area contributed by atoms with Crippen LogP contribution < -0.4 is 0 Å². The van der Waals surface area contributed by atoms with Crippen LogP contribution in [0.5, 0.6) is 0 Å². The third-order valence-corrected chi connectivity index (χ3v) is 1.92. The highest BCUT2D eigenvalue weighted by atomic mass is 16.4. The second-order valence-electron chi connectivity index (χ2n) is 3.54. The van der Waals surface area contributed by atoms with Crippen LogP contribution in [-0.4, -0.2) is 55.5 Å². The fourth-order valence-corrected chi connectivity index (χ4v) is 0.979. The molecule has 0 radical (unpaired) electrons. The van der Waals surface area contributed by atoms with Crippen molar-refractivity contribution in [1.29, 1.82) is 0 Å². The van der Waals surface area contributed by atoms with E-state index in [4.69, 9.17) is 20.4 Å². The first-order valence-electron chi connectivity index (χ1n) is 6.01. The van der Waals surface area contributed by atoms with Crippen molar-refractivity contribution < 1.29 is 30.0 Å². The van der Waals surface area contributed by atoms with Crippen molar-refractivity contribution in [2.45, 2.75) is 0 Å². The molecule has 0 unspecified atom stereocenters. The maximum absolute atomic E-state index is 10.2. The zero-order valence-electron chi connectivity index (χ0n) is 11.5. The Kier molecular flexibility index (Phi) is 10.4. The molecular weight excluding hydrogens is 292 g/mol. The van der Waals surface area contributed by atoms with Gasteiger partial charge in [-0.05, 0) is 24.3 Å². The number of carbonyl (C=O) groups is 2. The molecule has 118 valence electrons. The molecule has 2 heterocycles. The largest absolute Gasteiger partial charge is 0.478 e. The van der Waals surface area contributed by atoms with Gasteiger partial charge in [-0.2, -0.15) is 0 Å². The molecule has 0 aliphatic heterocycles. The van der Waals surface area contributed by atoms with Crippen molar-refractivity contribution in [2.24, 2.45) is 0 Å². The van der Waals surface area contributed by atoms with Crippen LogP contribution in [0.2, 0.25) is 0 Å². The molecule has 0 fully saturated rings. The normalized spacial score (nSPS) is 8.64. The summed E-state index contributed by atoms with van der Waals surface area (Å²) in [5.41, 5.74) is 0.440. The quantitative estimate of drug-likeness (QED) is 0.643. The van der Waals surface area contributed by atoms with Crippen molar-refractivity contribution in [2.75, 3.05) is 13.2 Å². The average molecular weight is 308 g/mol. The molecule has 0 saturated carbocycles. The van der Waals surface area contributed by atoms with Crippen molar-refractivity contribution in [3.05, 3.63) is 60.2 Å². The van der Waals surface area contributed by atoms with E-state index in [0.717, 1.165) is 0 Å². The van der Waals surface area contributed by atoms with Gasteiger partial charge in [0.15, 0.2) is 0 Å². The molecule has 0 saturated heterocycles. The van der Waals surface area contributed by atoms with Gasteiger partial charge in [0.1, 0.15) is 0 Å². The van der Waals surface area contributed by atoms with Gasteiger partial charge in [-0.1, -0.05) is 0 Å². The van der Waals surface area contributed by atoms with Gasteiger partial charge in [0.05, 0.1) is 24.3 Å². The van der Waals surface area contributed by atoms with E-state index in [1.165, 1.54) is 36.9 Å². The van der Waals surface area contributed by atoms with Crippen LogP contribution in [0.1, 0.15) is 20.7 Å². The van der Waals surface area contributed by atoms with E-state index in [0.29, 0.717) is 0 Å². The lowest BCUT2D eigenvalue weighted by Gasteiger charge is -1.87. The predicted molar refractivity (Wildman–Crippen MR) is 76.6 cm³/mol. The highest BCUT2D eigenvalue weighted by Crippen LogP contribution is 1.93. The number of carboxylic acids is 2. The summed E-state index contributed by atoms with van der Waals surface area (Å²) in [7, 11) is 0. The number of aliphatic hydroxyl groups excluding tert-OH is 2. The van der Waals surface area contributed by atoms with Crippen LogP contribution in [0.4, 0.5) is 0 Å². The Hall–Kier alpha value is -2.84. The van der Waals surface area contributed by atoms with Gasteiger partial charge >= 0.3 is 11.9 Å². The van der Waals surface area contributed by atoms with Gasteiger partial charge in [-0.25, -0.2) is 9.59 Å². The standard InChI is InChI=1S/2C6H5NO2.C2H6O2/c2*8-6(9)5-2-1-3-7-4-5;3-1-2-4/h2*1-4H,(H,8,9);3-4H,1-2H2. The number of pyridine rings is 2. The minimum Gasteiger partial charge on any atom is -0.478 e. The lowest BCUT2D eigenvalue weighted by Crippen LogP contribution is -1.94. The van der Waals surface area contributed by atoms with Gasteiger partial charge in [-0.3, -0.25) is 9.97 Å². The summed E-state index contributed by atoms with van der Waals surface area (Å²) < 4.78 is 0. The van der Waals surface area contributed by atoms with E-state index in [1.54, 1.807) is 12.1 Å². The van der Waals surface area contributed by atoms with E-state index in [9.17, 15) is 9.59 Å². The molecular formula is C14H16N2O6. The summed E-state index contributed by atoms with van der Waals surface area (Å²) in [5.74, 6) is -1.88.